The Morgan fingerprint density at radius 3 is 2.71 bits per heavy atom. The molecular weight excluding hydrogens is 246 g/mol. The first-order valence-electron chi connectivity index (χ1n) is 4.80. The summed E-state index contributed by atoms with van der Waals surface area (Å²) in [5.74, 6) is -0.244. The molecule has 0 radical (unpaired) electrons. The van der Waals surface area contributed by atoms with E-state index >= 15 is 0 Å². The zero-order valence-corrected chi connectivity index (χ0v) is 10.1. The van der Waals surface area contributed by atoms with E-state index in [1.54, 1.807) is 13.0 Å². The first-order valence-corrected chi connectivity index (χ1v) is 4.80. The molecule has 0 fully saturated rings. The molecule has 0 aliphatic heterocycles. The molecule has 6 nitrogen and oxygen atoms in total. The van der Waals surface area contributed by atoms with Crippen LogP contribution in [-0.4, -0.2) is 17.4 Å². The Balaban J connectivity index is 0.00000256. The van der Waals surface area contributed by atoms with Gasteiger partial charge in [0.25, 0.3) is 5.69 Å². The summed E-state index contributed by atoms with van der Waals surface area (Å²) in [6.07, 6.45) is 0.197. The van der Waals surface area contributed by atoms with Crippen molar-refractivity contribution >= 4 is 29.7 Å². The number of benzene rings is 1. The number of hydrogen-bond acceptors (Lipinski definition) is 4. The van der Waals surface area contributed by atoms with Gasteiger partial charge < -0.3 is 11.1 Å². The number of hydrogen-bond donors (Lipinski definition) is 2. The lowest BCUT2D eigenvalue weighted by Crippen LogP contribution is -2.16. The van der Waals surface area contributed by atoms with E-state index in [1.165, 1.54) is 12.1 Å². The molecule has 0 aromatic heterocycles. The van der Waals surface area contributed by atoms with Gasteiger partial charge in [-0.15, -0.1) is 12.4 Å². The van der Waals surface area contributed by atoms with Gasteiger partial charge in [0, 0.05) is 19.0 Å². The van der Waals surface area contributed by atoms with Crippen molar-refractivity contribution in [1.29, 1.82) is 0 Å². The average molecular weight is 260 g/mol. The fourth-order valence-corrected chi connectivity index (χ4v) is 1.30. The topological polar surface area (TPSA) is 98.3 Å². The van der Waals surface area contributed by atoms with E-state index in [-0.39, 0.29) is 37.0 Å². The SMILES string of the molecule is Cc1c(NC(=O)CCN)cccc1[N+](=O)[O-].Cl. The maximum Gasteiger partial charge on any atom is 0.274 e. The second-order valence-corrected chi connectivity index (χ2v) is 3.29. The van der Waals surface area contributed by atoms with Crippen molar-refractivity contribution in [2.45, 2.75) is 13.3 Å². The molecule has 0 aliphatic rings. The summed E-state index contributed by atoms with van der Waals surface area (Å²) in [5, 5.41) is 13.2. The second-order valence-electron chi connectivity index (χ2n) is 3.29. The highest BCUT2D eigenvalue weighted by Crippen LogP contribution is 2.24. The van der Waals surface area contributed by atoms with Crippen molar-refractivity contribution < 1.29 is 9.72 Å². The van der Waals surface area contributed by atoms with E-state index < -0.39 is 4.92 Å². The van der Waals surface area contributed by atoms with E-state index in [2.05, 4.69) is 5.32 Å². The lowest BCUT2D eigenvalue weighted by Gasteiger charge is -2.07. The van der Waals surface area contributed by atoms with Gasteiger partial charge in [0.1, 0.15) is 0 Å². The molecule has 0 heterocycles. The quantitative estimate of drug-likeness (QED) is 0.634. The number of anilines is 1. The van der Waals surface area contributed by atoms with Crippen LogP contribution in [0.2, 0.25) is 0 Å². The maximum absolute atomic E-state index is 11.3. The largest absolute Gasteiger partial charge is 0.330 e. The lowest BCUT2D eigenvalue weighted by molar-refractivity contribution is -0.385. The number of rotatable bonds is 4. The van der Waals surface area contributed by atoms with Crippen LogP contribution < -0.4 is 11.1 Å². The number of nitro benzene ring substituents is 1. The van der Waals surface area contributed by atoms with Gasteiger partial charge in [-0.2, -0.15) is 0 Å². The van der Waals surface area contributed by atoms with Crippen LogP contribution in [0, 0.1) is 17.0 Å². The van der Waals surface area contributed by atoms with E-state index in [9.17, 15) is 14.9 Å². The average Bonchev–Trinajstić information content (AvgIpc) is 2.21. The Morgan fingerprint density at radius 1 is 1.53 bits per heavy atom. The summed E-state index contributed by atoms with van der Waals surface area (Å²) in [7, 11) is 0. The van der Waals surface area contributed by atoms with Gasteiger partial charge in [0.05, 0.1) is 16.2 Å². The summed E-state index contributed by atoms with van der Waals surface area (Å²) < 4.78 is 0. The van der Waals surface area contributed by atoms with Gasteiger partial charge in [-0.05, 0) is 13.0 Å². The van der Waals surface area contributed by atoms with Crippen LogP contribution in [0.4, 0.5) is 11.4 Å². The summed E-state index contributed by atoms with van der Waals surface area (Å²) in [5.41, 5.74) is 6.12. The summed E-state index contributed by atoms with van der Waals surface area (Å²) >= 11 is 0. The van der Waals surface area contributed by atoms with E-state index in [4.69, 9.17) is 5.73 Å². The lowest BCUT2D eigenvalue weighted by atomic mass is 10.1. The van der Waals surface area contributed by atoms with Gasteiger partial charge in [0.2, 0.25) is 5.91 Å². The fraction of sp³-hybridized carbons (Fsp3) is 0.300. The highest BCUT2D eigenvalue weighted by molar-refractivity contribution is 5.92. The predicted molar refractivity (Wildman–Crippen MR) is 67.4 cm³/mol. The van der Waals surface area contributed by atoms with Gasteiger partial charge in [-0.3, -0.25) is 14.9 Å². The van der Waals surface area contributed by atoms with Crippen LogP contribution in [0.15, 0.2) is 18.2 Å². The molecule has 0 atom stereocenters. The van der Waals surface area contributed by atoms with Crippen molar-refractivity contribution in [2.24, 2.45) is 5.73 Å². The number of carbonyl (C=O) groups excluding carboxylic acids is 1. The summed E-state index contributed by atoms with van der Waals surface area (Å²) in [6, 6.07) is 4.55. The monoisotopic (exact) mass is 259 g/mol. The zero-order chi connectivity index (χ0) is 12.1. The second kappa shape index (κ2) is 6.82. The molecule has 0 spiro atoms. The Bertz CT molecular complexity index is 423. The normalized spacial score (nSPS) is 9.29. The first-order chi connectivity index (χ1) is 7.56. The van der Waals surface area contributed by atoms with Gasteiger partial charge in [-0.1, -0.05) is 6.07 Å². The van der Waals surface area contributed by atoms with E-state index in [0.29, 0.717) is 11.3 Å². The minimum absolute atomic E-state index is 0. The number of nitro groups is 1. The van der Waals surface area contributed by atoms with Crippen molar-refractivity contribution in [3.8, 4) is 0 Å². The number of carbonyl (C=O) groups is 1. The Hall–Kier alpha value is -1.66. The molecule has 1 aromatic rings. The third-order valence-corrected chi connectivity index (χ3v) is 2.15. The van der Waals surface area contributed by atoms with Crippen LogP contribution in [0.25, 0.3) is 0 Å². The first kappa shape index (κ1) is 15.3. The molecule has 1 amide bonds. The molecule has 0 aliphatic carbocycles. The van der Waals surface area contributed by atoms with Gasteiger partial charge in [-0.25, -0.2) is 0 Å². The summed E-state index contributed by atoms with van der Waals surface area (Å²) in [6.45, 7) is 1.84. The number of nitrogens with two attached hydrogens (primary N) is 1. The molecule has 7 heteroatoms. The highest BCUT2D eigenvalue weighted by atomic mass is 35.5. The molecule has 0 saturated heterocycles. The molecule has 1 rings (SSSR count). The zero-order valence-electron chi connectivity index (χ0n) is 9.30. The van der Waals surface area contributed by atoms with Crippen molar-refractivity contribution in [3.05, 3.63) is 33.9 Å². The minimum atomic E-state index is -0.478. The Morgan fingerprint density at radius 2 is 2.18 bits per heavy atom. The number of halogens is 1. The molecule has 17 heavy (non-hydrogen) atoms. The number of nitrogens with one attached hydrogen (secondary N) is 1. The van der Waals surface area contributed by atoms with Crippen molar-refractivity contribution in [3.63, 3.8) is 0 Å². The number of nitrogens with zero attached hydrogens (tertiary/aromatic N) is 1. The van der Waals surface area contributed by atoms with Gasteiger partial charge in [0.15, 0.2) is 0 Å². The Kier molecular flexibility index (Phi) is 6.16. The fourth-order valence-electron chi connectivity index (χ4n) is 1.30. The van der Waals surface area contributed by atoms with E-state index in [1.807, 2.05) is 0 Å². The summed E-state index contributed by atoms with van der Waals surface area (Å²) in [4.78, 5) is 21.5. The van der Waals surface area contributed by atoms with Crippen LogP contribution in [0.1, 0.15) is 12.0 Å². The van der Waals surface area contributed by atoms with Gasteiger partial charge >= 0.3 is 0 Å². The highest BCUT2D eigenvalue weighted by Gasteiger charge is 2.14. The molecule has 0 saturated carbocycles. The minimum Gasteiger partial charge on any atom is -0.330 e. The van der Waals surface area contributed by atoms with Crippen LogP contribution in [0.3, 0.4) is 0 Å². The third-order valence-electron chi connectivity index (χ3n) is 2.15. The van der Waals surface area contributed by atoms with Crippen molar-refractivity contribution in [1.82, 2.24) is 0 Å². The molecule has 3 N–H and O–H groups in total. The van der Waals surface area contributed by atoms with E-state index in [0.717, 1.165) is 0 Å². The molecular formula is C10H14ClN3O3. The standard InChI is InChI=1S/C10H13N3O3.ClH/c1-7-8(12-10(14)5-6-11)3-2-4-9(7)13(15)16;/h2-4H,5-6,11H2,1H3,(H,12,14);1H. The van der Waals surface area contributed by atoms with Crippen LogP contribution >= 0.6 is 12.4 Å². The smallest absolute Gasteiger partial charge is 0.274 e. The van der Waals surface area contributed by atoms with Crippen LogP contribution in [0.5, 0.6) is 0 Å². The maximum atomic E-state index is 11.3. The molecule has 1 aromatic carbocycles. The van der Waals surface area contributed by atoms with Crippen molar-refractivity contribution in [2.75, 3.05) is 11.9 Å². The van der Waals surface area contributed by atoms with Crippen LogP contribution in [-0.2, 0) is 4.79 Å². The molecule has 94 valence electrons. The molecule has 0 bridgehead atoms. The predicted octanol–water partition coefficient (Wildman–Crippen LogP) is 1.61. The number of amides is 1. The third kappa shape index (κ3) is 4.01. The Labute approximate surface area is 105 Å². The molecule has 0 unspecified atom stereocenters.